The van der Waals surface area contributed by atoms with E-state index in [-0.39, 0.29) is 7.92 Å². The lowest BCUT2D eigenvalue weighted by molar-refractivity contribution is 0.486. The number of aryl methyl sites for hydroxylation is 1. The molecular formula is C21H30NP. The summed E-state index contributed by atoms with van der Waals surface area (Å²) >= 11 is 0. The van der Waals surface area contributed by atoms with Gasteiger partial charge in [0.05, 0.1) is 0 Å². The number of hydrogen-bond acceptors (Lipinski definition) is 0. The molecule has 2 heteroatoms. The minimum Gasteiger partial charge on any atom is -0.344 e. The summed E-state index contributed by atoms with van der Waals surface area (Å²) in [5.41, 5.74) is 5.11. The van der Waals surface area contributed by atoms with Gasteiger partial charge in [-0.1, -0.05) is 64.6 Å². The normalized spacial score (nSPS) is 21.3. The Morgan fingerprint density at radius 3 is 1.96 bits per heavy atom. The van der Waals surface area contributed by atoms with Crippen LogP contribution in [0.3, 0.4) is 0 Å². The molecule has 23 heavy (non-hydrogen) atoms. The molecule has 0 N–H and O–H groups in total. The van der Waals surface area contributed by atoms with Gasteiger partial charge in [0.1, 0.15) is 0 Å². The first kappa shape index (κ1) is 15.7. The van der Waals surface area contributed by atoms with Crippen LogP contribution in [-0.2, 0) is 7.05 Å². The summed E-state index contributed by atoms with van der Waals surface area (Å²) in [5.74, 6) is 0. The van der Waals surface area contributed by atoms with E-state index in [0.29, 0.717) is 0 Å². The highest BCUT2D eigenvalue weighted by molar-refractivity contribution is 7.66. The van der Waals surface area contributed by atoms with Gasteiger partial charge in [-0.05, 0) is 49.1 Å². The van der Waals surface area contributed by atoms with Crippen LogP contribution in [0.1, 0.15) is 64.2 Å². The molecule has 1 heterocycles. The van der Waals surface area contributed by atoms with Gasteiger partial charge in [-0.25, -0.2) is 0 Å². The Morgan fingerprint density at radius 2 is 1.39 bits per heavy atom. The van der Waals surface area contributed by atoms with Crippen molar-refractivity contribution in [2.75, 3.05) is 0 Å². The summed E-state index contributed by atoms with van der Waals surface area (Å²) < 4.78 is 2.55. The summed E-state index contributed by atoms with van der Waals surface area (Å²) in [6, 6.07) is 11.5. The first-order valence-corrected chi connectivity index (χ1v) is 11.2. The summed E-state index contributed by atoms with van der Waals surface area (Å²) in [7, 11) is 2.32. The SMILES string of the molecule is Cn1c(P(C2CCCCC2)C2CCCCC2)cc2ccccc21. The van der Waals surface area contributed by atoms with Crippen molar-refractivity contribution < 1.29 is 0 Å². The molecule has 0 unspecified atom stereocenters. The molecule has 0 saturated heterocycles. The van der Waals surface area contributed by atoms with E-state index in [2.05, 4.69) is 41.9 Å². The first-order chi connectivity index (χ1) is 11.3. The van der Waals surface area contributed by atoms with Gasteiger partial charge in [0, 0.05) is 23.4 Å². The van der Waals surface area contributed by atoms with E-state index in [9.17, 15) is 0 Å². The van der Waals surface area contributed by atoms with E-state index < -0.39 is 0 Å². The van der Waals surface area contributed by atoms with Crippen LogP contribution >= 0.6 is 7.92 Å². The van der Waals surface area contributed by atoms with Crippen LogP contribution in [0.4, 0.5) is 0 Å². The molecule has 2 aliphatic rings. The fraction of sp³-hybridized carbons (Fsp3) is 0.619. The Labute approximate surface area is 142 Å². The topological polar surface area (TPSA) is 4.93 Å². The van der Waals surface area contributed by atoms with Gasteiger partial charge in [0.2, 0.25) is 0 Å². The monoisotopic (exact) mass is 327 g/mol. The van der Waals surface area contributed by atoms with Gasteiger partial charge in [-0.2, -0.15) is 0 Å². The largest absolute Gasteiger partial charge is 0.344 e. The molecule has 124 valence electrons. The predicted molar refractivity (Wildman–Crippen MR) is 103 cm³/mol. The van der Waals surface area contributed by atoms with Gasteiger partial charge in [0.15, 0.2) is 0 Å². The van der Waals surface area contributed by atoms with Crippen LogP contribution < -0.4 is 5.44 Å². The molecule has 2 fully saturated rings. The summed E-state index contributed by atoms with van der Waals surface area (Å²) in [4.78, 5) is 0. The maximum atomic E-state index is 2.55. The van der Waals surface area contributed by atoms with Crippen LogP contribution in [-0.4, -0.2) is 15.9 Å². The summed E-state index contributed by atoms with van der Waals surface area (Å²) in [6.07, 6.45) is 14.8. The second-order valence-corrected chi connectivity index (χ2v) is 10.3. The van der Waals surface area contributed by atoms with Crippen molar-refractivity contribution in [2.24, 2.45) is 7.05 Å². The Hall–Kier alpha value is -0.810. The molecule has 0 radical (unpaired) electrons. The number of benzene rings is 1. The van der Waals surface area contributed by atoms with E-state index in [4.69, 9.17) is 0 Å². The first-order valence-electron chi connectivity index (χ1n) is 9.67. The van der Waals surface area contributed by atoms with Crippen molar-refractivity contribution >= 4 is 24.3 Å². The van der Waals surface area contributed by atoms with Gasteiger partial charge < -0.3 is 4.57 Å². The lowest BCUT2D eigenvalue weighted by atomic mass is 9.99. The van der Waals surface area contributed by atoms with E-state index in [1.54, 1.807) is 5.44 Å². The highest BCUT2D eigenvalue weighted by atomic mass is 31.1. The molecular weight excluding hydrogens is 297 g/mol. The van der Waals surface area contributed by atoms with Crippen molar-refractivity contribution in [3.8, 4) is 0 Å². The van der Waals surface area contributed by atoms with Crippen molar-refractivity contribution in [1.82, 2.24) is 4.57 Å². The van der Waals surface area contributed by atoms with Crippen LogP contribution in [0.25, 0.3) is 10.9 Å². The minimum absolute atomic E-state index is 0.00322. The molecule has 2 saturated carbocycles. The number of nitrogens with zero attached hydrogens (tertiary/aromatic N) is 1. The molecule has 0 aliphatic heterocycles. The van der Waals surface area contributed by atoms with Crippen molar-refractivity contribution in [3.05, 3.63) is 30.3 Å². The second kappa shape index (κ2) is 6.98. The standard InChI is InChI=1S/C21H30NP/c1-22-20-15-9-8-10-17(20)16-21(22)23(18-11-4-2-5-12-18)19-13-6-3-7-14-19/h8-10,15-16,18-19H,2-7,11-14H2,1H3. The smallest absolute Gasteiger partial charge is 0.0482 e. The molecule has 0 atom stereocenters. The van der Waals surface area contributed by atoms with E-state index in [1.807, 2.05) is 0 Å². The Kier molecular flexibility index (Phi) is 4.76. The summed E-state index contributed by atoms with van der Waals surface area (Å²) in [5, 5.41) is 1.45. The Morgan fingerprint density at radius 1 is 0.826 bits per heavy atom. The van der Waals surface area contributed by atoms with Crippen LogP contribution in [0.15, 0.2) is 30.3 Å². The summed E-state index contributed by atoms with van der Waals surface area (Å²) in [6.45, 7) is 0. The van der Waals surface area contributed by atoms with Crippen molar-refractivity contribution in [2.45, 2.75) is 75.5 Å². The van der Waals surface area contributed by atoms with E-state index in [0.717, 1.165) is 11.3 Å². The fourth-order valence-electron chi connectivity index (χ4n) is 4.91. The lowest BCUT2D eigenvalue weighted by Gasteiger charge is -2.38. The van der Waals surface area contributed by atoms with Crippen LogP contribution in [0.2, 0.25) is 0 Å². The third kappa shape index (κ3) is 3.10. The van der Waals surface area contributed by atoms with Gasteiger partial charge >= 0.3 is 0 Å². The van der Waals surface area contributed by atoms with Gasteiger partial charge in [-0.3, -0.25) is 0 Å². The van der Waals surface area contributed by atoms with Crippen molar-refractivity contribution in [1.29, 1.82) is 0 Å². The Balaban J connectivity index is 1.74. The maximum Gasteiger partial charge on any atom is 0.0482 e. The predicted octanol–water partition coefficient (Wildman–Crippen LogP) is 5.95. The molecule has 0 amide bonds. The Bertz CT molecular complexity index is 629. The molecule has 1 aromatic heterocycles. The number of fused-ring (bicyclic) bond motifs is 1. The molecule has 4 rings (SSSR count). The molecule has 0 spiro atoms. The highest BCUT2D eigenvalue weighted by Crippen LogP contribution is 2.55. The van der Waals surface area contributed by atoms with Gasteiger partial charge in [-0.15, -0.1) is 0 Å². The molecule has 0 bridgehead atoms. The molecule has 2 aromatic rings. The molecule has 1 nitrogen and oxygen atoms in total. The van der Waals surface area contributed by atoms with Crippen molar-refractivity contribution in [3.63, 3.8) is 0 Å². The number of para-hydroxylation sites is 1. The average Bonchev–Trinajstić information content (AvgIpc) is 2.94. The molecule has 1 aromatic carbocycles. The minimum atomic E-state index is 0.00322. The lowest BCUT2D eigenvalue weighted by Crippen LogP contribution is -2.29. The van der Waals surface area contributed by atoms with Crippen LogP contribution in [0.5, 0.6) is 0 Å². The van der Waals surface area contributed by atoms with Gasteiger partial charge in [0.25, 0.3) is 0 Å². The fourth-order valence-corrected chi connectivity index (χ4v) is 8.84. The van der Waals surface area contributed by atoms with Crippen LogP contribution in [0, 0.1) is 0 Å². The highest BCUT2D eigenvalue weighted by Gasteiger charge is 2.34. The molecule has 2 aliphatic carbocycles. The third-order valence-electron chi connectivity index (χ3n) is 6.13. The zero-order valence-electron chi connectivity index (χ0n) is 14.5. The zero-order chi connectivity index (χ0) is 15.6. The number of aromatic nitrogens is 1. The van der Waals surface area contributed by atoms with E-state index in [1.165, 1.54) is 75.1 Å². The third-order valence-corrected chi connectivity index (χ3v) is 9.69. The second-order valence-electron chi connectivity index (χ2n) is 7.61. The maximum absolute atomic E-state index is 2.55. The average molecular weight is 327 g/mol. The quantitative estimate of drug-likeness (QED) is 0.614. The van der Waals surface area contributed by atoms with E-state index >= 15 is 0 Å². The number of rotatable bonds is 3. The zero-order valence-corrected chi connectivity index (χ0v) is 15.4. The number of hydrogen-bond donors (Lipinski definition) is 0.